The van der Waals surface area contributed by atoms with Crippen molar-refractivity contribution in [3.05, 3.63) is 102 Å². The van der Waals surface area contributed by atoms with E-state index in [0.29, 0.717) is 39.4 Å². The van der Waals surface area contributed by atoms with Crippen molar-refractivity contribution in [2.75, 3.05) is 39.4 Å². The first-order chi connectivity index (χ1) is 22.8. The molecule has 2 aliphatic rings. The summed E-state index contributed by atoms with van der Waals surface area (Å²) in [5, 5.41) is 5.87. The van der Waals surface area contributed by atoms with Crippen molar-refractivity contribution >= 4 is 27.7 Å². The number of rotatable bonds is 12. The van der Waals surface area contributed by atoms with Crippen LogP contribution < -0.4 is 5.32 Å². The van der Waals surface area contributed by atoms with Crippen LogP contribution in [-0.4, -0.2) is 74.6 Å². The number of amides is 1. The predicted molar refractivity (Wildman–Crippen MR) is 180 cm³/mol. The third kappa shape index (κ3) is 6.67. The standard InChI is InChI=1S/C37H43N7O2/c45-35(42-21-23-46-24-22-42)27-44-33-13-2-1-12-30(33)31-15-19-40-32(37(31)44)26-43(34-14-7-9-28-10-8-18-41-36(28)34)20-6-5-16-38-25-29-11-3-4-17-39-29/h1-4,8,10-13,15,17-19,34,38H,5-7,9,14,16,20-27H2/t34-/m0/s1. The van der Waals surface area contributed by atoms with Crippen LogP contribution in [0.25, 0.3) is 21.8 Å². The molecule has 1 atom stereocenters. The Kier molecular flexibility index (Phi) is 9.60. The maximum Gasteiger partial charge on any atom is 0.242 e. The van der Waals surface area contributed by atoms with E-state index in [9.17, 15) is 4.79 Å². The lowest BCUT2D eigenvalue weighted by Crippen LogP contribution is -2.42. The number of ether oxygens (including phenoxy) is 1. The van der Waals surface area contributed by atoms with E-state index in [-0.39, 0.29) is 11.9 Å². The Hall–Kier alpha value is -4.18. The second-order valence-corrected chi connectivity index (χ2v) is 12.4. The van der Waals surface area contributed by atoms with Crippen LogP contribution in [0, 0.1) is 0 Å². The molecule has 1 N–H and O–H groups in total. The van der Waals surface area contributed by atoms with E-state index in [1.165, 1.54) is 11.3 Å². The summed E-state index contributed by atoms with van der Waals surface area (Å²) in [6.07, 6.45) is 11.2. The molecule has 1 aromatic carbocycles. The predicted octanol–water partition coefficient (Wildman–Crippen LogP) is 5.29. The summed E-state index contributed by atoms with van der Waals surface area (Å²) >= 11 is 0. The number of carbonyl (C=O) groups is 1. The van der Waals surface area contributed by atoms with Crippen LogP contribution >= 0.6 is 0 Å². The van der Waals surface area contributed by atoms with Gasteiger partial charge in [0.2, 0.25) is 5.91 Å². The third-order valence-corrected chi connectivity index (χ3v) is 9.45. The fourth-order valence-corrected chi connectivity index (χ4v) is 7.16. The molecule has 238 valence electrons. The number of morpholine rings is 1. The highest BCUT2D eigenvalue weighted by molar-refractivity contribution is 6.09. The van der Waals surface area contributed by atoms with Gasteiger partial charge in [0.1, 0.15) is 6.54 Å². The van der Waals surface area contributed by atoms with Gasteiger partial charge in [-0.2, -0.15) is 0 Å². The van der Waals surface area contributed by atoms with Gasteiger partial charge in [0.05, 0.1) is 41.9 Å². The average molecular weight is 618 g/mol. The molecular formula is C37H43N7O2. The van der Waals surface area contributed by atoms with Crippen LogP contribution in [-0.2, 0) is 35.6 Å². The topological polar surface area (TPSA) is 88.4 Å². The number of para-hydroxylation sites is 1. The van der Waals surface area contributed by atoms with E-state index in [1.807, 2.05) is 35.6 Å². The Morgan fingerprint density at radius 3 is 2.67 bits per heavy atom. The van der Waals surface area contributed by atoms with Gasteiger partial charge in [0, 0.05) is 61.1 Å². The fraction of sp³-hybridized carbons (Fsp3) is 0.405. The van der Waals surface area contributed by atoms with Crippen LogP contribution in [0.1, 0.15) is 54.4 Å². The largest absolute Gasteiger partial charge is 0.378 e. The van der Waals surface area contributed by atoms with Crippen LogP contribution in [0.15, 0.2) is 79.3 Å². The lowest BCUT2D eigenvalue weighted by atomic mass is 9.90. The smallest absolute Gasteiger partial charge is 0.242 e. The maximum absolute atomic E-state index is 13.6. The molecule has 7 rings (SSSR count). The third-order valence-electron chi connectivity index (χ3n) is 9.45. The van der Waals surface area contributed by atoms with Gasteiger partial charge in [0.15, 0.2) is 0 Å². The summed E-state index contributed by atoms with van der Waals surface area (Å²) in [7, 11) is 0. The number of pyridine rings is 3. The van der Waals surface area contributed by atoms with Crippen LogP contribution in [0.5, 0.6) is 0 Å². The Morgan fingerprint density at radius 2 is 1.78 bits per heavy atom. The highest BCUT2D eigenvalue weighted by Gasteiger charge is 2.29. The zero-order valence-electron chi connectivity index (χ0n) is 26.5. The Balaban J connectivity index is 1.17. The first kappa shape index (κ1) is 30.5. The number of hydrogen-bond donors (Lipinski definition) is 1. The van der Waals surface area contributed by atoms with Gasteiger partial charge in [-0.3, -0.25) is 24.6 Å². The average Bonchev–Trinajstić information content (AvgIpc) is 3.43. The summed E-state index contributed by atoms with van der Waals surface area (Å²) in [5.41, 5.74) is 6.78. The van der Waals surface area contributed by atoms with Gasteiger partial charge in [-0.25, -0.2) is 0 Å². The molecule has 0 unspecified atom stereocenters. The van der Waals surface area contributed by atoms with Gasteiger partial charge in [0.25, 0.3) is 0 Å². The molecule has 0 spiro atoms. The highest BCUT2D eigenvalue weighted by atomic mass is 16.5. The van der Waals surface area contributed by atoms with Gasteiger partial charge in [-0.15, -0.1) is 0 Å². The highest BCUT2D eigenvalue weighted by Crippen LogP contribution is 2.36. The summed E-state index contributed by atoms with van der Waals surface area (Å²) in [6.45, 7) is 6.11. The number of unbranched alkanes of at least 4 members (excludes halogenated alkanes) is 1. The molecular weight excluding hydrogens is 574 g/mol. The van der Waals surface area contributed by atoms with E-state index in [1.54, 1.807) is 0 Å². The zero-order chi connectivity index (χ0) is 31.1. The molecule has 5 heterocycles. The minimum atomic E-state index is 0.126. The number of benzene rings is 1. The van der Waals surface area contributed by atoms with Crippen molar-refractivity contribution in [3.63, 3.8) is 0 Å². The number of aryl methyl sites for hydroxylation is 1. The van der Waals surface area contributed by atoms with Crippen molar-refractivity contribution in [3.8, 4) is 0 Å². The van der Waals surface area contributed by atoms with Crippen molar-refractivity contribution in [2.45, 2.75) is 57.8 Å². The van der Waals surface area contributed by atoms with Crippen molar-refractivity contribution in [2.24, 2.45) is 0 Å². The van der Waals surface area contributed by atoms with E-state index < -0.39 is 0 Å². The monoisotopic (exact) mass is 617 g/mol. The molecule has 0 radical (unpaired) electrons. The Labute approximate surface area is 270 Å². The molecule has 0 bridgehead atoms. The normalized spacial score (nSPS) is 16.7. The van der Waals surface area contributed by atoms with Crippen molar-refractivity contribution < 1.29 is 9.53 Å². The number of carbonyl (C=O) groups excluding carboxylic acids is 1. The van der Waals surface area contributed by atoms with Crippen LogP contribution in [0.2, 0.25) is 0 Å². The maximum atomic E-state index is 13.6. The Bertz CT molecular complexity index is 1770. The molecule has 1 amide bonds. The molecule has 0 saturated carbocycles. The zero-order valence-corrected chi connectivity index (χ0v) is 26.5. The number of nitrogens with zero attached hydrogens (tertiary/aromatic N) is 6. The number of nitrogens with one attached hydrogen (secondary N) is 1. The fourth-order valence-electron chi connectivity index (χ4n) is 7.16. The molecule has 1 fully saturated rings. The summed E-state index contributed by atoms with van der Waals surface area (Å²) in [4.78, 5) is 32.5. The van der Waals surface area contributed by atoms with E-state index in [2.05, 4.69) is 68.3 Å². The lowest BCUT2D eigenvalue weighted by molar-refractivity contribution is -0.135. The van der Waals surface area contributed by atoms with Gasteiger partial charge < -0.3 is 19.5 Å². The lowest BCUT2D eigenvalue weighted by Gasteiger charge is -2.35. The van der Waals surface area contributed by atoms with Crippen LogP contribution in [0.3, 0.4) is 0 Å². The molecule has 46 heavy (non-hydrogen) atoms. The quantitative estimate of drug-likeness (QED) is 0.191. The Morgan fingerprint density at radius 1 is 0.913 bits per heavy atom. The number of fused-ring (bicyclic) bond motifs is 4. The van der Waals surface area contributed by atoms with E-state index in [4.69, 9.17) is 14.7 Å². The first-order valence-electron chi connectivity index (χ1n) is 16.7. The van der Waals surface area contributed by atoms with Crippen molar-refractivity contribution in [1.29, 1.82) is 0 Å². The number of aromatic nitrogens is 4. The summed E-state index contributed by atoms with van der Waals surface area (Å²) in [6, 6.07) is 21.1. The number of hydrogen-bond acceptors (Lipinski definition) is 7. The summed E-state index contributed by atoms with van der Waals surface area (Å²) in [5.74, 6) is 0.126. The van der Waals surface area contributed by atoms with Gasteiger partial charge in [-0.05, 0) is 81.1 Å². The summed E-state index contributed by atoms with van der Waals surface area (Å²) < 4.78 is 7.72. The van der Waals surface area contributed by atoms with Gasteiger partial charge >= 0.3 is 0 Å². The first-order valence-corrected chi connectivity index (χ1v) is 16.7. The van der Waals surface area contributed by atoms with Gasteiger partial charge in [-0.1, -0.05) is 30.3 Å². The van der Waals surface area contributed by atoms with Crippen LogP contribution in [0.4, 0.5) is 0 Å². The second-order valence-electron chi connectivity index (χ2n) is 12.4. The second kappa shape index (κ2) is 14.5. The molecule has 9 heteroatoms. The van der Waals surface area contributed by atoms with E-state index in [0.717, 1.165) is 84.9 Å². The minimum absolute atomic E-state index is 0.126. The molecule has 5 aromatic rings. The molecule has 4 aromatic heterocycles. The molecule has 1 aliphatic heterocycles. The molecule has 1 aliphatic carbocycles. The van der Waals surface area contributed by atoms with Crippen molar-refractivity contribution in [1.82, 2.24) is 34.6 Å². The minimum Gasteiger partial charge on any atom is -0.378 e. The SMILES string of the molecule is O=C(Cn1c2ccccc2c2ccnc(CN(CCCCNCc3ccccn3)[C@H]3CCCc4cccnc43)c21)N1CCOCC1. The molecule has 1 saturated heterocycles. The molecule has 9 nitrogen and oxygen atoms in total. The van der Waals surface area contributed by atoms with E-state index >= 15 is 0 Å².